The highest BCUT2D eigenvalue weighted by Gasteiger charge is 2.25. The van der Waals surface area contributed by atoms with Crippen molar-refractivity contribution in [1.29, 1.82) is 0 Å². The molecular formula is C57H99NO7. The largest absolute Gasteiger partial charge is 0.544 e. The minimum atomic E-state index is -1.13. The Bertz CT molecular complexity index is 1290. The molecule has 0 saturated heterocycles. The number of quaternary nitrogens is 1. The van der Waals surface area contributed by atoms with E-state index in [0.717, 1.165) is 83.5 Å². The predicted octanol–water partition coefficient (Wildman–Crippen LogP) is 14.1. The van der Waals surface area contributed by atoms with Crippen molar-refractivity contribution in [3.63, 3.8) is 0 Å². The Labute approximate surface area is 400 Å². The number of esters is 2. The van der Waals surface area contributed by atoms with Crippen LogP contribution in [0.5, 0.6) is 0 Å². The van der Waals surface area contributed by atoms with Crippen LogP contribution in [0.4, 0.5) is 0 Å². The lowest BCUT2D eigenvalue weighted by molar-refractivity contribution is -0.889. The Morgan fingerprint density at radius 2 is 0.862 bits per heavy atom. The summed E-state index contributed by atoms with van der Waals surface area (Å²) in [7, 11) is 5.41. The van der Waals surface area contributed by atoms with Crippen LogP contribution in [-0.4, -0.2) is 75.5 Å². The van der Waals surface area contributed by atoms with Gasteiger partial charge in [-0.15, -0.1) is 0 Å². The summed E-state index contributed by atoms with van der Waals surface area (Å²) in [5.41, 5.74) is 0. The topological polar surface area (TPSA) is 102 Å². The summed E-state index contributed by atoms with van der Waals surface area (Å²) in [5, 5.41) is 11.7. The van der Waals surface area contributed by atoms with Crippen LogP contribution in [0.15, 0.2) is 72.9 Å². The maximum Gasteiger partial charge on any atom is 0.306 e. The molecule has 65 heavy (non-hydrogen) atoms. The summed E-state index contributed by atoms with van der Waals surface area (Å²) in [6, 6.07) is -0.731. The molecule has 374 valence electrons. The average molecular weight is 910 g/mol. The standard InChI is InChI=1S/C57H99NO7/c1-6-8-10-12-14-16-18-20-22-24-26-27-28-30-32-34-36-38-40-42-44-46-48-56(60)65-53(51-63-50-49-54(57(61)62)58(3,4)5)52-64-55(59)47-45-43-41-39-37-35-33-31-29-25-23-21-19-17-15-13-11-9-7-2/h9,11,14-17,20-23,26-27,53-54H,6-8,10,12-13,18-19,24-25,28-52H2,1-5H3/b11-9+,16-14+,17-15+,22-20+,23-21+,27-26+. The summed E-state index contributed by atoms with van der Waals surface area (Å²) < 4.78 is 17.3. The molecule has 0 aliphatic heterocycles. The van der Waals surface area contributed by atoms with Gasteiger partial charge in [0.2, 0.25) is 0 Å². The molecule has 0 radical (unpaired) electrons. The number of aliphatic carboxylic acids is 1. The number of carbonyl (C=O) groups excluding carboxylic acids is 3. The van der Waals surface area contributed by atoms with Crippen LogP contribution in [-0.2, 0) is 28.6 Å². The van der Waals surface area contributed by atoms with Gasteiger partial charge in [-0.2, -0.15) is 0 Å². The Morgan fingerprint density at radius 3 is 1.28 bits per heavy atom. The molecule has 0 aliphatic carbocycles. The van der Waals surface area contributed by atoms with Crippen molar-refractivity contribution in [2.24, 2.45) is 0 Å². The Hall–Kier alpha value is -3.23. The van der Waals surface area contributed by atoms with Crippen LogP contribution >= 0.6 is 0 Å². The number of allylic oxidation sites excluding steroid dienone is 12. The zero-order valence-corrected chi connectivity index (χ0v) is 42.6. The molecular weight excluding hydrogens is 811 g/mol. The maximum atomic E-state index is 12.8. The first-order chi connectivity index (χ1) is 31.6. The molecule has 2 unspecified atom stereocenters. The number of ether oxygens (including phenoxy) is 3. The van der Waals surface area contributed by atoms with Gasteiger partial charge in [0.15, 0.2) is 6.10 Å². The van der Waals surface area contributed by atoms with Crippen LogP contribution in [0.3, 0.4) is 0 Å². The second kappa shape index (κ2) is 47.3. The van der Waals surface area contributed by atoms with Crippen LogP contribution < -0.4 is 5.11 Å². The van der Waals surface area contributed by atoms with E-state index in [1.807, 2.05) is 0 Å². The van der Waals surface area contributed by atoms with E-state index in [-0.39, 0.29) is 42.7 Å². The molecule has 8 heteroatoms. The van der Waals surface area contributed by atoms with E-state index in [0.29, 0.717) is 12.8 Å². The Morgan fingerprint density at radius 1 is 0.477 bits per heavy atom. The number of carboxylic acids is 1. The van der Waals surface area contributed by atoms with Gasteiger partial charge in [0, 0.05) is 19.3 Å². The van der Waals surface area contributed by atoms with E-state index in [1.165, 1.54) is 103 Å². The Kier molecular flexibility index (Phi) is 44.9. The van der Waals surface area contributed by atoms with E-state index in [9.17, 15) is 19.5 Å². The minimum Gasteiger partial charge on any atom is -0.544 e. The van der Waals surface area contributed by atoms with Gasteiger partial charge in [-0.05, 0) is 83.5 Å². The molecule has 0 rings (SSSR count). The monoisotopic (exact) mass is 910 g/mol. The highest BCUT2D eigenvalue weighted by atomic mass is 16.6. The molecule has 0 amide bonds. The van der Waals surface area contributed by atoms with Crippen LogP contribution in [0.25, 0.3) is 0 Å². The van der Waals surface area contributed by atoms with Crippen molar-refractivity contribution < 1.29 is 38.2 Å². The third kappa shape index (κ3) is 45.7. The van der Waals surface area contributed by atoms with Crippen LogP contribution in [0.2, 0.25) is 0 Å². The normalized spacial score (nSPS) is 13.4. The van der Waals surface area contributed by atoms with Gasteiger partial charge in [0.05, 0.1) is 40.3 Å². The fraction of sp³-hybridized carbons (Fsp3) is 0.737. The molecule has 0 aromatic rings. The first-order valence-electron chi connectivity index (χ1n) is 26.5. The van der Waals surface area contributed by atoms with E-state index in [1.54, 1.807) is 21.1 Å². The van der Waals surface area contributed by atoms with Gasteiger partial charge in [-0.1, -0.05) is 189 Å². The first kappa shape index (κ1) is 61.8. The number of hydrogen-bond donors (Lipinski definition) is 0. The number of carbonyl (C=O) groups is 3. The van der Waals surface area contributed by atoms with Crippen molar-refractivity contribution in [1.82, 2.24) is 0 Å². The summed E-state index contributed by atoms with van der Waals surface area (Å²) in [6.07, 6.45) is 60.7. The van der Waals surface area contributed by atoms with Gasteiger partial charge in [0.25, 0.3) is 0 Å². The SMILES string of the molecule is CC/C=C/C/C=C/C/C=C/CCCCCCCCCCCC(=O)OCC(COCCC(C(=O)[O-])[N+](C)(C)C)OC(=O)CCCCCCCCCCC/C=C/C/C=C/C/C=C/CCCCC. The van der Waals surface area contributed by atoms with Crippen molar-refractivity contribution in [3.8, 4) is 0 Å². The average Bonchev–Trinajstić information content (AvgIpc) is 3.27. The summed E-state index contributed by atoms with van der Waals surface area (Å²) in [5.74, 6) is -1.75. The number of unbranched alkanes of at least 4 members (excludes halogenated alkanes) is 21. The fourth-order valence-corrected chi connectivity index (χ4v) is 7.50. The molecule has 0 N–H and O–H groups in total. The predicted molar refractivity (Wildman–Crippen MR) is 272 cm³/mol. The lowest BCUT2D eigenvalue weighted by atomic mass is 10.1. The Balaban J connectivity index is 4.25. The summed E-state index contributed by atoms with van der Waals surface area (Å²) in [4.78, 5) is 37.1. The van der Waals surface area contributed by atoms with Gasteiger partial charge < -0.3 is 28.6 Å². The molecule has 0 saturated carbocycles. The molecule has 0 aliphatic rings. The zero-order chi connectivity index (χ0) is 47.7. The molecule has 8 nitrogen and oxygen atoms in total. The van der Waals surface area contributed by atoms with Gasteiger partial charge in [-0.3, -0.25) is 9.59 Å². The number of nitrogens with zero attached hydrogens (tertiary/aromatic N) is 1. The number of hydrogen-bond acceptors (Lipinski definition) is 7. The van der Waals surface area contributed by atoms with Gasteiger partial charge in [-0.25, -0.2) is 0 Å². The third-order valence-electron chi connectivity index (χ3n) is 11.6. The van der Waals surface area contributed by atoms with E-state index in [4.69, 9.17) is 14.2 Å². The fourth-order valence-electron chi connectivity index (χ4n) is 7.50. The second-order valence-electron chi connectivity index (χ2n) is 18.7. The van der Waals surface area contributed by atoms with Gasteiger partial charge >= 0.3 is 11.9 Å². The van der Waals surface area contributed by atoms with Crippen molar-refractivity contribution in [2.45, 2.75) is 231 Å². The van der Waals surface area contributed by atoms with Crippen molar-refractivity contribution in [2.75, 3.05) is 41.0 Å². The number of rotatable bonds is 47. The molecule has 0 bridgehead atoms. The van der Waals surface area contributed by atoms with Crippen LogP contribution in [0, 0.1) is 0 Å². The molecule has 0 aromatic carbocycles. The summed E-state index contributed by atoms with van der Waals surface area (Å²) >= 11 is 0. The quantitative estimate of drug-likeness (QED) is 0.0259. The number of carboxylic acid groups (broad SMARTS) is 1. The lowest BCUT2D eigenvalue weighted by Crippen LogP contribution is -2.55. The maximum absolute atomic E-state index is 12.8. The lowest BCUT2D eigenvalue weighted by Gasteiger charge is -2.34. The van der Waals surface area contributed by atoms with Crippen molar-refractivity contribution in [3.05, 3.63) is 72.9 Å². The third-order valence-corrected chi connectivity index (χ3v) is 11.6. The summed E-state index contributed by atoms with van der Waals surface area (Å²) in [6.45, 7) is 4.53. The zero-order valence-electron chi connectivity index (χ0n) is 42.6. The van der Waals surface area contributed by atoms with Gasteiger partial charge in [0.1, 0.15) is 12.6 Å². The molecule has 0 aromatic heterocycles. The highest BCUT2D eigenvalue weighted by Crippen LogP contribution is 2.15. The first-order valence-corrected chi connectivity index (χ1v) is 26.5. The van der Waals surface area contributed by atoms with Crippen molar-refractivity contribution >= 4 is 17.9 Å². The molecule has 0 spiro atoms. The van der Waals surface area contributed by atoms with E-state index < -0.39 is 18.1 Å². The van der Waals surface area contributed by atoms with E-state index >= 15 is 0 Å². The van der Waals surface area contributed by atoms with Crippen LogP contribution in [0.1, 0.15) is 219 Å². The minimum absolute atomic E-state index is 0.0344. The smallest absolute Gasteiger partial charge is 0.306 e. The van der Waals surface area contributed by atoms with E-state index in [2.05, 4.69) is 86.8 Å². The molecule has 2 atom stereocenters. The molecule has 0 fully saturated rings. The second-order valence-corrected chi connectivity index (χ2v) is 18.7. The number of likely N-dealkylation sites (N-methyl/N-ethyl adjacent to an activating group) is 1. The highest BCUT2D eigenvalue weighted by molar-refractivity contribution is 5.70. The molecule has 0 heterocycles.